The van der Waals surface area contributed by atoms with Crippen LogP contribution >= 0.6 is 11.3 Å². The Hall–Kier alpha value is -3.52. The van der Waals surface area contributed by atoms with Crippen LogP contribution in [0.25, 0.3) is 16.4 Å². The molecule has 0 atom stereocenters. The molecule has 0 spiro atoms. The number of carbonyl (C=O) groups excluding carboxylic acids is 1. The molecule has 2 heterocycles. The number of anilines is 1. The first kappa shape index (κ1) is 20.7. The Labute approximate surface area is 183 Å². The minimum absolute atomic E-state index is 0.134. The lowest BCUT2D eigenvalue weighted by Gasteiger charge is -2.07. The highest BCUT2D eigenvalue weighted by atomic mass is 32.1. The fourth-order valence-electron chi connectivity index (χ4n) is 3.30. The monoisotopic (exact) mass is 436 g/mol. The van der Waals surface area contributed by atoms with Gasteiger partial charge >= 0.3 is 0 Å². The Kier molecular flexibility index (Phi) is 5.81. The van der Waals surface area contributed by atoms with Gasteiger partial charge in [-0.1, -0.05) is 6.07 Å². The summed E-state index contributed by atoms with van der Waals surface area (Å²) in [5.41, 5.74) is 4.76. The normalized spacial score (nSPS) is 10.8. The van der Waals surface area contributed by atoms with Gasteiger partial charge in [0.2, 0.25) is 11.0 Å². The maximum absolute atomic E-state index is 13.2. The molecule has 0 fully saturated rings. The quantitative estimate of drug-likeness (QED) is 0.465. The fraction of sp³-hybridized carbons (Fsp3) is 0.174. The second-order valence-electron chi connectivity index (χ2n) is 7.04. The lowest BCUT2D eigenvalue weighted by molar-refractivity contribution is -0.115. The Morgan fingerprint density at radius 2 is 1.97 bits per heavy atom. The van der Waals surface area contributed by atoms with Crippen LogP contribution in [-0.4, -0.2) is 27.8 Å². The summed E-state index contributed by atoms with van der Waals surface area (Å²) in [7, 11) is 1.59. The van der Waals surface area contributed by atoms with E-state index in [1.165, 1.54) is 23.5 Å². The van der Waals surface area contributed by atoms with Gasteiger partial charge in [-0.25, -0.2) is 14.1 Å². The van der Waals surface area contributed by atoms with E-state index in [9.17, 15) is 9.18 Å². The van der Waals surface area contributed by atoms with E-state index in [0.717, 1.165) is 28.2 Å². The van der Waals surface area contributed by atoms with E-state index in [2.05, 4.69) is 15.4 Å². The van der Waals surface area contributed by atoms with E-state index >= 15 is 0 Å². The third-order valence-electron chi connectivity index (χ3n) is 4.95. The van der Waals surface area contributed by atoms with E-state index in [0.29, 0.717) is 16.6 Å². The summed E-state index contributed by atoms with van der Waals surface area (Å²) in [5.74, 6) is 0.262. The summed E-state index contributed by atoms with van der Waals surface area (Å²) in [6.45, 7) is 3.80. The van der Waals surface area contributed by atoms with E-state index in [1.807, 2.05) is 37.4 Å². The third kappa shape index (κ3) is 4.49. The molecule has 0 aliphatic rings. The number of ether oxygens (including phenoxy) is 1. The molecule has 31 heavy (non-hydrogen) atoms. The maximum atomic E-state index is 13.2. The molecule has 8 heteroatoms. The van der Waals surface area contributed by atoms with Gasteiger partial charge in [0.05, 0.1) is 24.9 Å². The lowest BCUT2D eigenvalue weighted by atomic mass is 10.1. The van der Waals surface area contributed by atoms with Crippen LogP contribution in [0.1, 0.15) is 17.0 Å². The van der Waals surface area contributed by atoms with Crippen molar-refractivity contribution < 1.29 is 13.9 Å². The largest absolute Gasteiger partial charge is 0.497 e. The smallest absolute Gasteiger partial charge is 0.228 e. The van der Waals surface area contributed by atoms with Gasteiger partial charge in [-0.15, -0.1) is 11.3 Å². The van der Waals surface area contributed by atoms with Crippen molar-refractivity contribution in [3.8, 4) is 22.1 Å². The number of amides is 1. The van der Waals surface area contributed by atoms with Crippen LogP contribution in [0.2, 0.25) is 0 Å². The molecule has 6 nitrogen and oxygen atoms in total. The van der Waals surface area contributed by atoms with Gasteiger partial charge in [0, 0.05) is 34.0 Å². The highest BCUT2D eigenvalue weighted by molar-refractivity contribution is 7.12. The molecule has 0 saturated heterocycles. The summed E-state index contributed by atoms with van der Waals surface area (Å²) in [5, 5.41) is 10.1. The molecule has 0 aliphatic carbocycles. The van der Waals surface area contributed by atoms with Gasteiger partial charge in [-0.2, -0.15) is 5.10 Å². The van der Waals surface area contributed by atoms with Gasteiger partial charge in [0.1, 0.15) is 11.6 Å². The molecule has 4 rings (SSSR count). The van der Waals surface area contributed by atoms with Crippen LogP contribution < -0.4 is 10.1 Å². The van der Waals surface area contributed by atoms with Crippen LogP contribution in [0.5, 0.6) is 5.75 Å². The molecular weight excluding hydrogens is 415 g/mol. The first-order valence-corrected chi connectivity index (χ1v) is 10.5. The van der Waals surface area contributed by atoms with Crippen molar-refractivity contribution in [2.75, 3.05) is 12.4 Å². The molecular formula is C23H21FN4O2S. The van der Waals surface area contributed by atoms with E-state index < -0.39 is 0 Å². The summed E-state index contributed by atoms with van der Waals surface area (Å²) < 4.78 is 20.1. The number of carbonyl (C=O) groups is 1. The molecule has 0 aliphatic heterocycles. The van der Waals surface area contributed by atoms with E-state index in [1.54, 1.807) is 30.0 Å². The molecule has 0 saturated carbocycles. The van der Waals surface area contributed by atoms with Crippen molar-refractivity contribution >= 4 is 22.9 Å². The number of thiazole rings is 1. The first-order chi connectivity index (χ1) is 14.9. The zero-order chi connectivity index (χ0) is 22.0. The molecule has 0 unspecified atom stereocenters. The first-order valence-electron chi connectivity index (χ1n) is 9.65. The van der Waals surface area contributed by atoms with Crippen molar-refractivity contribution in [2.45, 2.75) is 20.3 Å². The SMILES string of the molecule is COc1cccc(NC(=O)Cc2c(C)nn(-c3nc(-c4ccc(F)cc4)cs3)c2C)c1. The average molecular weight is 437 g/mol. The third-order valence-corrected chi connectivity index (χ3v) is 5.76. The minimum atomic E-state index is -0.283. The minimum Gasteiger partial charge on any atom is -0.497 e. The highest BCUT2D eigenvalue weighted by Gasteiger charge is 2.18. The van der Waals surface area contributed by atoms with E-state index in [4.69, 9.17) is 4.74 Å². The Balaban J connectivity index is 1.53. The topological polar surface area (TPSA) is 69.0 Å². The molecule has 2 aromatic heterocycles. The summed E-state index contributed by atoms with van der Waals surface area (Å²) in [6.07, 6.45) is 0.199. The van der Waals surface area contributed by atoms with Gasteiger partial charge in [-0.05, 0) is 50.2 Å². The van der Waals surface area contributed by atoms with Gasteiger partial charge < -0.3 is 10.1 Å². The number of methoxy groups -OCH3 is 1. The highest BCUT2D eigenvalue weighted by Crippen LogP contribution is 2.27. The van der Waals surface area contributed by atoms with Crippen LogP contribution in [0.15, 0.2) is 53.9 Å². The van der Waals surface area contributed by atoms with Crippen molar-refractivity contribution in [2.24, 2.45) is 0 Å². The number of rotatable bonds is 6. The number of halogens is 1. The van der Waals surface area contributed by atoms with Gasteiger partial charge in [-0.3, -0.25) is 4.79 Å². The predicted octanol–water partition coefficient (Wildman–Crippen LogP) is 4.94. The Morgan fingerprint density at radius 3 is 2.71 bits per heavy atom. The van der Waals surface area contributed by atoms with Crippen LogP contribution in [0.4, 0.5) is 10.1 Å². The maximum Gasteiger partial charge on any atom is 0.228 e. The zero-order valence-electron chi connectivity index (χ0n) is 17.3. The van der Waals surface area contributed by atoms with Crippen molar-refractivity contribution in [3.05, 3.63) is 76.7 Å². The molecule has 158 valence electrons. The number of hydrogen-bond donors (Lipinski definition) is 1. The van der Waals surface area contributed by atoms with Crippen molar-refractivity contribution in [1.29, 1.82) is 0 Å². The summed E-state index contributed by atoms with van der Waals surface area (Å²) >= 11 is 1.44. The van der Waals surface area contributed by atoms with Crippen molar-refractivity contribution in [3.63, 3.8) is 0 Å². The van der Waals surface area contributed by atoms with Crippen LogP contribution in [0, 0.1) is 19.7 Å². The number of hydrogen-bond acceptors (Lipinski definition) is 5. The second kappa shape index (κ2) is 8.69. The van der Waals surface area contributed by atoms with Crippen LogP contribution in [0.3, 0.4) is 0 Å². The number of aromatic nitrogens is 3. The number of benzene rings is 2. The summed E-state index contributed by atoms with van der Waals surface area (Å²) in [6, 6.07) is 13.5. The van der Waals surface area contributed by atoms with Gasteiger partial charge in [0.25, 0.3) is 0 Å². The number of nitrogens with one attached hydrogen (secondary N) is 1. The average Bonchev–Trinajstić information content (AvgIpc) is 3.35. The fourth-order valence-corrected chi connectivity index (χ4v) is 4.13. The molecule has 1 amide bonds. The Morgan fingerprint density at radius 1 is 1.19 bits per heavy atom. The van der Waals surface area contributed by atoms with Crippen molar-refractivity contribution in [1.82, 2.24) is 14.8 Å². The van der Waals surface area contributed by atoms with Gasteiger partial charge in [0.15, 0.2) is 0 Å². The molecule has 0 bridgehead atoms. The van der Waals surface area contributed by atoms with E-state index in [-0.39, 0.29) is 18.1 Å². The summed E-state index contributed by atoms with van der Waals surface area (Å²) in [4.78, 5) is 17.3. The molecule has 1 N–H and O–H groups in total. The molecule has 0 radical (unpaired) electrons. The standard InChI is InChI=1S/C23H21FN4O2S/c1-14-20(12-22(29)25-18-5-4-6-19(11-18)30-3)15(2)28(27-14)23-26-21(13-31-23)16-7-9-17(24)10-8-16/h4-11,13H,12H2,1-3H3,(H,25,29). The number of aryl methyl sites for hydroxylation is 1. The molecule has 2 aromatic carbocycles. The predicted molar refractivity (Wildman–Crippen MR) is 119 cm³/mol. The second-order valence-corrected chi connectivity index (χ2v) is 7.88. The number of nitrogens with zero attached hydrogens (tertiary/aromatic N) is 3. The Bertz CT molecular complexity index is 1230. The molecule has 4 aromatic rings. The lowest BCUT2D eigenvalue weighted by Crippen LogP contribution is -2.15. The zero-order valence-corrected chi connectivity index (χ0v) is 18.2. The van der Waals surface area contributed by atoms with Crippen LogP contribution in [-0.2, 0) is 11.2 Å².